The Kier molecular flexibility index (Phi) is 28.7. The fourth-order valence-electron chi connectivity index (χ4n) is 1.77. The lowest BCUT2D eigenvalue weighted by Gasteiger charge is -2.08. The van der Waals surface area contributed by atoms with Gasteiger partial charge in [0.2, 0.25) is 0 Å². The smallest absolute Gasteiger partial charge is 0.144 e. The second kappa shape index (κ2) is 23.3. The Morgan fingerprint density at radius 1 is 0.600 bits per heavy atom. The van der Waals surface area contributed by atoms with Crippen LogP contribution in [0.2, 0.25) is 0 Å². The highest BCUT2D eigenvalue weighted by Crippen LogP contribution is 2.33. The van der Waals surface area contributed by atoms with Crippen LogP contribution in [0.15, 0.2) is 60.7 Å². The molecule has 2 rings (SSSR count). The van der Waals surface area contributed by atoms with Gasteiger partial charge in [-0.15, -0.1) is 0 Å². The van der Waals surface area contributed by atoms with E-state index in [1.54, 1.807) is 43.2 Å². The third-order valence-corrected chi connectivity index (χ3v) is 9.38. The first kappa shape index (κ1) is 37.0. The van der Waals surface area contributed by atoms with Crippen molar-refractivity contribution in [3.63, 3.8) is 0 Å². The van der Waals surface area contributed by atoms with Gasteiger partial charge >= 0.3 is 0 Å². The highest BCUT2D eigenvalue weighted by Gasteiger charge is 2.02. The van der Waals surface area contributed by atoms with Gasteiger partial charge in [-0.25, -0.2) is 0 Å². The molecule has 172 valence electrons. The molecule has 2 nitrogen and oxygen atoms in total. The lowest BCUT2D eigenvalue weighted by atomic mass is 10.2. The van der Waals surface area contributed by atoms with Gasteiger partial charge in [0.25, 0.3) is 0 Å². The molecule has 0 aliphatic rings. The van der Waals surface area contributed by atoms with Gasteiger partial charge in [0, 0.05) is 13.1 Å². The summed E-state index contributed by atoms with van der Waals surface area (Å²) in [5, 5.41) is 7.43. The van der Waals surface area contributed by atoms with Crippen molar-refractivity contribution in [1.82, 2.24) is 10.6 Å². The van der Waals surface area contributed by atoms with Crippen molar-refractivity contribution in [3.8, 4) is 0 Å². The van der Waals surface area contributed by atoms with Crippen LogP contribution >= 0.6 is 67.6 Å². The molecule has 0 aliphatic heterocycles. The van der Waals surface area contributed by atoms with Gasteiger partial charge in [-0.05, 0) is 32.7 Å². The van der Waals surface area contributed by atoms with Crippen molar-refractivity contribution in [2.45, 2.75) is 50.2 Å². The van der Waals surface area contributed by atoms with Crippen molar-refractivity contribution in [3.05, 3.63) is 71.8 Å². The Balaban J connectivity index is -0.000000676. The van der Waals surface area contributed by atoms with E-state index in [0.29, 0.717) is 0 Å². The van der Waals surface area contributed by atoms with E-state index < -0.39 is 0 Å². The molecule has 0 unspecified atom stereocenters. The quantitative estimate of drug-likeness (QED) is 0.153. The van der Waals surface area contributed by atoms with Gasteiger partial charge in [0.15, 0.2) is 0 Å². The predicted octanol–water partition coefficient (Wildman–Crippen LogP) is 9.04. The third-order valence-electron chi connectivity index (χ3n) is 2.92. The van der Waals surface area contributed by atoms with Crippen molar-refractivity contribution in [1.29, 1.82) is 0 Å². The van der Waals surface area contributed by atoms with Gasteiger partial charge in [0.1, 0.15) is 8.64 Å². The number of rotatable bonds is 8. The SMILES string of the molecule is C.C.C.C.C.S=C(NCc1ccccc1)SSCSSC(=S)NCc1ccccc1. The van der Waals surface area contributed by atoms with E-state index in [1.165, 1.54) is 11.1 Å². The summed E-state index contributed by atoms with van der Waals surface area (Å²) >= 11 is 10.7. The molecule has 0 bridgehead atoms. The average Bonchev–Trinajstić information content (AvgIpc) is 2.66. The molecule has 0 radical (unpaired) electrons. The Morgan fingerprint density at radius 2 is 0.933 bits per heavy atom. The molecule has 2 aromatic rings. The van der Waals surface area contributed by atoms with Crippen LogP contribution in [-0.4, -0.2) is 13.7 Å². The molecule has 0 saturated heterocycles. The first-order valence-electron chi connectivity index (χ1n) is 7.46. The standard InChI is InChI=1S/C17H18N2S6.5CH4/c20-16(18-11-14-7-3-1-4-8-14)24-22-13-23-25-17(21)19-12-15-9-5-2-6-10-15;;;;;/h1-10H,11-13H2,(H,18,20)(H,19,21);5*1H4. The van der Waals surface area contributed by atoms with Gasteiger partial charge < -0.3 is 10.6 Å². The molecule has 0 atom stereocenters. The molecule has 0 heterocycles. The summed E-state index contributed by atoms with van der Waals surface area (Å²) in [6.07, 6.45) is 0. The van der Waals surface area contributed by atoms with Crippen LogP contribution in [0.1, 0.15) is 48.3 Å². The van der Waals surface area contributed by atoms with Gasteiger partial charge in [-0.2, -0.15) is 0 Å². The molecule has 0 aromatic heterocycles. The van der Waals surface area contributed by atoms with Crippen LogP contribution in [0.3, 0.4) is 0 Å². The number of thiocarbonyl (C=S) groups is 2. The minimum absolute atomic E-state index is 0. The summed E-state index contributed by atoms with van der Waals surface area (Å²) in [5.41, 5.74) is 2.46. The molecular formula is C22H38N2S6. The topological polar surface area (TPSA) is 24.1 Å². The van der Waals surface area contributed by atoms with Crippen LogP contribution in [0.5, 0.6) is 0 Å². The highest BCUT2D eigenvalue weighted by atomic mass is 33.1. The Morgan fingerprint density at radius 3 is 1.27 bits per heavy atom. The van der Waals surface area contributed by atoms with Crippen molar-refractivity contribution in [2.24, 2.45) is 0 Å². The molecule has 8 heteroatoms. The van der Waals surface area contributed by atoms with E-state index >= 15 is 0 Å². The Hall–Kier alpha value is -0.380. The van der Waals surface area contributed by atoms with Crippen LogP contribution in [0, 0.1) is 0 Å². The van der Waals surface area contributed by atoms with Crippen molar-refractivity contribution in [2.75, 3.05) is 5.08 Å². The molecule has 2 aromatic carbocycles. The zero-order chi connectivity index (χ0) is 17.7. The fraction of sp³-hybridized carbons (Fsp3) is 0.364. The Labute approximate surface area is 212 Å². The van der Waals surface area contributed by atoms with E-state index in [2.05, 4.69) is 34.9 Å². The first-order chi connectivity index (χ1) is 12.2. The van der Waals surface area contributed by atoms with Crippen LogP contribution < -0.4 is 10.6 Å². The highest BCUT2D eigenvalue weighted by molar-refractivity contribution is 8.91. The normalized spacial score (nSPS) is 8.53. The summed E-state index contributed by atoms with van der Waals surface area (Å²) in [6, 6.07) is 20.5. The minimum atomic E-state index is 0. The largest absolute Gasteiger partial charge is 0.366 e. The number of hydrogen-bond donors (Lipinski definition) is 2. The minimum Gasteiger partial charge on any atom is -0.366 e. The molecule has 0 amide bonds. The fourth-order valence-corrected chi connectivity index (χ4v) is 7.08. The second-order valence-corrected chi connectivity index (χ2v) is 11.1. The van der Waals surface area contributed by atoms with Gasteiger partial charge in [-0.1, -0.05) is 144 Å². The molecule has 0 fully saturated rings. The summed E-state index contributed by atoms with van der Waals surface area (Å²) < 4.78 is 1.62. The summed E-state index contributed by atoms with van der Waals surface area (Å²) in [5.74, 6) is 0. The third kappa shape index (κ3) is 17.3. The maximum Gasteiger partial charge on any atom is 0.144 e. The lowest BCUT2D eigenvalue weighted by molar-refractivity contribution is 0.940. The van der Waals surface area contributed by atoms with E-state index in [4.69, 9.17) is 24.4 Å². The van der Waals surface area contributed by atoms with Gasteiger partial charge in [0.05, 0.1) is 5.08 Å². The Bertz CT molecular complexity index is 596. The van der Waals surface area contributed by atoms with Crippen molar-refractivity contribution >= 4 is 76.3 Å². The molecule has 0 spiro atoms. The molecule has 0 aliphatic carbocycles. The molecule has 2 N–H and O–H groups in total. The zero-order valence-electron chi connectivity index (χ0n) is 13.3. The average molecular weight is 523 g/mol. The molecular weight excluding hydrogens is 485 g/mol. The van der Waals surface area contributed by atoms with E-state index in [0.717, 1.165) is 26.8 Å². The number of hydrogen-bond acceptors (Lipinski definition) is 6. The first-order valence-corrected chi connectivity index (χ1v) is 12.9. The summed E-state index contributed by atoms with van der Waals surface area (Å²) in [7, 11) is 6.63. The summed E-state index contributed by atoms with van der Waals surface area (Å²) in [6.45, 7) is 1.53. The number of nitrogens with one attached hydrogen (secondary N) is 2. The van der Waals surface area contributed by atoms with Crippen LogP contribution in [0.25, 0.3) is 0 Å². The molecule has 30 heavy (non-hydrogen) atoms. The maximum absolute atomic E-state index is 5.33. The van der Waals surface area contributed by atoms with E-state index in [1.807, 2.05) is 36.4 Å². The summed E-state index contributed by atoms with van der Waals surface area (Å²) in [4.78, 5) is 0. The number of benzene rings is 2. The maximum atomic E-state index is 5.33. The monoisotopic (exact) mass is 522 g/mol. The van der Waals surface area contributed by atoms with Crippen LogP contribution in [0.4, 0.5) is 0 Å². The zero-order valence-corrected chi connectivity index (χ0v) is 18.2. The van der Waals surface area contributed by atoms with Crippen LogP contribution in [-0.2, 0) is 13.1 Å². The molecule has 0 saturated carbocycles. The second-order valence-electron chi connectivity index (χ2n) is 4.77. The van der Waals surface area contributed by atoms with Gasteiger partial charge in [-0.3, -0.25) is 0 Å². The lowest BCUT2D eigenvalue weighted by Crippen LogP contribution is -2.17. The van der Waals surface area contributed by atoms with E-state index in [9.17, 15) is 0 Å². The van der Waals surface area contributed by atoms with E-state index in [-0.39, 0.29) is 37.1 Å². The predicted molar refractivity (Wildman–Crippen MR) is 161 cm³/mol. The van der Waals surface area contributed by atoms with Crippen molar-refractivity contribution < 1.29 is 0 Å².